The Morgan fingerprint density at radius 2 is 2.17 bits per heavy atom. The summed E-state index contributed by atoms with van der Waals surface area (Å²) in [6.07, 6.45) is 0. The molecule has 2 aromatic carbocycles. The quantitative estimate of drug-likeness (QED) is 0.672. The molecule has 0 saturated heterocycles. The van der Waals surface area contributed by atoms with E-state index in [1.54, 1.807) is 0 Å². The van der Waals surface area contributed by atoms with Crippen molar-refractivity contribution in [2.75, 3.05) is 6.61 Å². The van der Waals surface area contributed by atoms with E-state index in [9.17, 15) is 9.18 Å². The summed E-state index contributed by atoms with van der Waals surface area (Å²) in [5, 5.41) is 4.12. The van der Waals surface area contributed by atoms with Crippen LogP contribution in [0.4, 0.5) is 4.39 Å². The summed E-state index contributed by atoms with van der Waals surface area (Å²) in [5.74, 6) is -0.395. The number of para-hydroxylation sites is 1. The number of hydrogen-bond acceptors (Lipinski definition) is 4. The highest BCUT2D eigenvalue weighted by Crippen LogP contribution is 2.25. The smallest absolute Gasteiger partial charge is 0.278 e. The van der Waals surface area contributed by atoms with Crippen LogP contribution in [-0.4, -0.2) is 17.1 Å². The van der Waals surface area contributed by atoms with Crippen LogP contribution >= 0.6 is 27.3 Å². The van der Waals surface area contributed by atoms with Gasteiger partial charge in [-0.05, 0) is 46.3 Å². The summed E-state index contributed by atoms with van der Waals surface area (Å²) in [4.78, 5) is 12.5. The highest BCUT2D eigenvalue weighted by molar-refractivity contribution is 9.10. The van der Waals surface area contributed by atoms with Crippen molar-refractivity contribution in [3.8, 4) is 5.75 Å². The lowest BCUT2D eigenvalue weighted by Crippen LogP contribution is -2.27. The first kappa shape index (κ1) is 16.7. The van der Waals surface area contributed by atoms with Gasteiger partial charge in [0.15, 0.2) is 6.61 Å². The van der Waals surface area contributed by atoms with E-state index in [-0.39, 0.29) is 12.4 Å². The van der Waals surface area contributed by atoms with E-state index in [1.807, 2.05) is 35.9 Å². The highest BCUT2D eigenvalue weighted by atomic mass is 79.9. The molecule has 1 aromatic heterocycles. The Morgan fingerprint density at radius 1 is 1.38 bits per heavy atom. The van der Waals surface area contributed by atoms with Crippen molar-refractivity contribution in [3.63, 3.8) is 0 Å². The van der Waals surface area contributed by atoms with Gasteiger partial charge in [0.2, 0.25) is 4.80 Å². The van der Waals surface area contributed by atoms with Gasteiger partial charge in [0, 0.05) is 7.05 Å². The third kappa shape index (κ3) is 3.65. The lowest BCUT2D eigenvalue weighted by Gasteiger charge is -2.06. The van der Waals surface area contributed by atoms with Gasteiger partial charge in [-0.25, -0.2) is 9.82 Å². The Bertz CT molecular complexity index is 967. The van der Waals surface area contributed by atoms with Crippen LogP contribution in [0, 0.1) is 5.82 Å². The number of halogens is 2. The van der Waals surface area contributed by atoms with Gasteiger partial charge in [0.05, 0.1) is 14.7 Å². The van der Waals surface area contributed by atoms with Gasteiger partial charge in [-0.3, -0.25) is 4.79 Å². The molecule has 0 spiro atoms. The monoisotopic (exact) mass is 409 g/mol. The molecule has 0 fully saturated rings. The SMILES string of the molecule is Cn1/c(=N\NC(=O)COc2ccc(F)cc2Br)sc2ccccc21. The fourth-order valence-electron chi connectivity index (χ4n) is 2.07. The number of fused-ring (bicyclic) bond motifs is 1. The van der Waals surface area contributed by atoms with E-state index in [2.05, 4.69) is 26.5 Å². The normalized spacial score (nSPS) is 11.7. The van der Waals surface area contributed by atoms with Crippen molar-refractivity contribution in [1.82, 2.24) is 9.99 Å². The van der Waals surface area contributed by atoms with Crippen LogP contribution in [0.15, 0.2) is 52.0 Å². The maximum atomic E-state index is 13.0. The number of benzene rings is 2. The predicted molar refractivity (Wildman–Crippen MR) is 94.1 cm³/mol. The number of carbonyl (C=O) groups is 1. The zero-order valence-corrected chi connectivity index (χ0v) is 15.0. The highest BCUT2D eigenvalue weighted by Gasteiger charge is 2.07. The first-order chi connectivity index (χ1) is 11.5. The van der Waals surface area contributed by atoms with E-state index < -0.39 is 5.91 Å². The molecule has 1 amide bonds. The van der Waals surface area contributed by atoms with Crippen LogP contribution in [0.1, 0.15) is 0 Å². The molecule has 0 unspecified atom stereocenters. The molecule has 3 aromatic rings. The molecule has 8 heteroatoms. The van der Waals surface area contributed by atoms with Crippen molar-refractivity contribution in [2.45, 2.75) is 0 Å². The Hall–Kier alpha value is -2.19. The van der Waals surface area contributed by atoms with Gasteiger partial charge >= 0.3 is 0 Å². The minimum Gasteiger partial charge on any atom is -0.483 e. The van der Waals surface area contributed by atoms with E-state index in [0.717, 1.165) is 10.2 Å². The summed E-state index contributed by atoms with van der Waals surface area (Å²) < 4.78 is 21.8. The lowest BCUT2D eigenvalue weighted by atomic mass is 10.3. The average molecular weight is 410 g/mol. The third-order valence-electron chi connectivity index (χ3n) is 3.24. The number of aryl methyl sites for hydroxylation is 1. The molecule has 0 aliphatic rings. The maximum absolute atomic E-state index is 13.0. The fourth-order valence-corrected chi connectivity index (χ4v) is 3.51. The van der Waals surface area contributed by atoms with Gasteiger partial charge in [-0.2, -0.15) is 0 Å². The van der Waals surface area contributed by atoms with Crippen LogP contribution in [0.2, 0.25) is 0 Å². The Balaban J connectivity index is 1.67. The third-order valence-corrected chi connectivity index (χ3v) is 4.98. The van der Waals surface area contributed by atoms with Crippen molar-refractivity contribution in [1.29, 1.82) is 0 Å². The topological polar surface area (TPSA) is 55.6 Å². The lowest BCUT2D eigenvalue weighted by molar-refractivity contribution is -0.123. The number of hydrogen-bond donors (Lipinski definition) is 1. The first-order valence-electron chi connectivity index (χ1n) is 6.99. The molecule has 1 N–H and O–H groups in total. The number of thiazole rings is 1. The Kier molecular flexibility index (Phi) is 4.96. The van der Waals surface area contributed by atoms with Gasteiger partial charge < -0.3 is 9.30 Å². The van der Waals surface area contributed by atoms with Crippen LogP contribution in [-0.2, 0) is 11.8 Å². The van der Waals surface area contributed by atoms with E-state index in [4.69, 9.17) is 4.74 Å². The molecule has 0 bridgehead atoms. The van der Waals surface area contributed by atoms with Crippen molar-refractivity contribution in [3.05, 3.63) is 57.6 Å². The summed E-state index contributed by atoms with van der Waals surface area (Å²) in [6, 6.07) is 11.9. The maximum Gasteiger partial charge on any atom is 0.278 e. The van der Waals surface area contributed by atoms with Crippen molar-refractivity contribution < 1.29 is 13.9 Å². The molecular formula is C16H13BrFN3O2S. The summed E-state index contributed by atoms with van der Waals surface area (Å²) in [5.41, 5.74) is 3.51. The molecule has 124 valence electrons. The molecule has 3 rings (SSSR count). The van der Waals surface area contributed by atoms with Gasteiger partial charge in [0.25, 0.3) is 5.91 Å². The largest absolute Gasteiger partial charge is 0.483 e. The van der Waals surface area contributed by atoms with Crippen LogP contribution in [0.5, 0.6) is 5.75 Å². The first-order valence-corrected chi connectivity index (χ1v) is 8.60. The fraction of sp³-hybridized carbons (Fsp3) is 0.125. The zero-order valence-electron chi connectivity index (χ0n) is 12.6. The molecule has 0 atom stereocenters. The van der Waals surface area contributed by atoms with Crippen molar-refractivity contribution >= 4 is 43.4 Å². The second-order valence-electron chi connectivity index (χ2n) is 4.92. The van der Waals surface area contributed by atoms with E-state index in [0.29, 0.717) is 15.0 Å². The van der Waals surface area contributed by atoms with Crippen molar-refractivity contribution in [2.24, 2.45) is 12.1 Å². The van der Waals surface area contributed by atoms with Crippen LogP contribution in [0.3, 0.4) is 0 Å². The Morgan fingerprint density at radius 3 is 2.92 bits per heavy atom. The van der Waals surface area contributed by atoms with E-state index in [1.165, 1.54) is 29.5 Å². The number of aromatic nitrogens is 1. The number of nitrogens with zero attached hydrogens (tertiary/aromatic N) is 2. The predicted octanol–water partition coefficient (Wildman–Crippen LogP) is 3.15. The number of amides is 1. The number of ether oxygens (including phenoxy) is 1. The summed E-state index contributed by atoms with van der Waals surface area (Å²) >= 11 is 4.66. The number of rotatable bonds is 4. The molecule has 0 radical (unpaired) electrons. The number of nitrogens with one attached hydrogen (secondary N) is 1. The van der Waals surface area contributed by atoms with Gasteiger partial charge in [0.1, 0.15) is 11.6 Å². The Labute approximate surface area is 149 Å². The van der Waals surface area contributed by atoms with Crippen LogP contribution < -0.4 is 15.0 Å². The van der Waals surface area contributed by atoms with E-state index >= 15 is 0 Å². The molecule has 1 heterocycles. The minimum atomic E-state index is -0.399. The zero-order chi connectivity index (χ0) is 17.1. The summed E-state index contributed by atoms with van der Waals surface area (Å²) in [7, 11) is 1.88. The van der Waals surface area contributed by atoms with Gasteiger partial charge in [-0.15, -0.1) is 5.10 Å². The number of carbonyl (C=O) groups excluding carboxylic acids is 1. The standard InChI is InChI=1S/C16H13BrFN3O2S/c1-21-12-4-2-3-5-14(12)24-16(21)20-19-15(22)9-23-13-7-6-10(18)8-11(13)17/h2-8H,9H2,1H3,(H,19,22)/b20-16+. The molecule has 24 heavy (non-hydrogen) atoms. The second-order valence-corrected chi connectivity index (χ2v) is 6.79. The second kappa shape index (κ2) is 7.14. The molecular weight excluding hydrogens is 397 g/mol. The van der Waals surface area contributed by atoms with Crippen LogP contribution in [0.25, 0.3) is 10.2 Å². The average Bonchev–Trinajstić information content (AvgIpc) is 2.89. The summed E-state index contributed by atoms with van der Waals surface area (Å²) in [6.45, 7) is -0.220. The van der Waals surface area contributed by atoms with Gasteiger partial charge in [-0.1, -0.05) is 23.5 Å². The molecule has 0 aliphatic heterocycles. The molecule has 5 nitrogen and oxygen atoms in total. The molecule has 0 saturated carbocycles. The molecule has 0 aliphatic carbocycles. The minimum absolute atomic E-state index is 0.220.